The summed E-state index contributed by atoms with van der Waals surface area (Å²) in [6, 6.07) is 0. The Morgan fingerprint density at radius 2 is 0.423 bits per heavy atom. The van der Waals surface area contributed by atoms with Crippen LogP contribution in [0.1, 0.15) is 116 Å². The lowest BCUT2D eigenvalue weighted by atomic mass is 9.99. The molecule has 0 aromatic rings. The van der Waals surface area contributed by atoms with Gasteiger partial charge in [-0.25, -0.2) is 0 Å². The van der Waals surface area contributed by atoms with Gasteiger partial charge in [-0.3, -0.25) is 0 Å². The zero-order valence-electron chi connectivity index (χ0n) is 16.7. The van der Waals surface area contributed by atoms with Gasteiger partial charge in [0, 0.05) is 22.8 Å². The highest BCUT2D eigenvalue weighted by atomic mass is 14.4. The Balaban J connectivity index is 2.32. The van der Waals surface area contributed by atoms with Gasteiger partial charge in [-0.1, -0.05) is 12.8 Å². The summed E-state index contributed by atoms with van der Waals surface area (Å²) < 4.78 is 0. The molecule has 1 saturated carbocycles. The smallest absolute Gasteiger partial charge is 0.00891 e. The van der Waals surface area contributed by atoms with E-state index >= 15 is 0 Å². The maximum atomic E-state index is 8.05. The molecule has 0 aromatic carbocycles. The fourth-order valence-electron chi connectivity index (χ4n) is 3.56. The predicted molar refractivity (Wildman–Crippen MR) is 114 cm³/mol. The van der Waals surface area contributed by atoms with Crippen molar-refractivity contribution in [3.8, 4) is 0 Å². The third-order valence-corrected chi connectivity index (χ3v) is 5.33. The van der Waals surface area contributed by atoms with E-state index in [0.717, 1.165) is 138 Å². The second-order valence-electron chi connectivity index (χ2n) is 7.95. The van der Waals surface area contributed by atoms with Gasteiger partial charge < -0.3 is 21.6 Å². The van der Waals surface area contributed by atoms with Crippen molar-refractivity contribution in [2.75, 3.05) is 0 Å². The van der Waals surface area contributed by atoms with E-state index in [2.05, 4.69) is 0 Å². The lowest BCUT2D eigenvalue weighted by Gasteiger charge is -2.08. The first-order chi connectivity index (χ1) is 12.6. The number of hydrogen-bond donors (Lipinski definition) is 4. The molecule has 0 heterocycles. The van der Waals surface area contributed by atoms with Gasteiger partial charge in [0.15, 0.2) is 0 Å². The maximum Gasteiger partial charge on any atom is 0.00891 e. The van der Waals surface area contributed by atoms with E-state index in [1.54, 1.807) is 0 Å². The minimum absolute atomic E-state index is 0.871. The molecule has 1 aliphatic carbocycles. The number of nitrogens with one attached hydrogen (secondary N) is 4. The first-order valence-corrected chi connectivity index (χ1v) is 10.8. The van der Waals surface area contributed by atoms with Crippen molar-refractivity contribution in [2.24, 2.45) is 0 Å². The highest BCUT2D eigenvalue weighted by Gasteiger charge is 2.04. The van der Waals surface area contributed by atoms with Crippen molar-refractivity contribution >= 4 is 22.8 Å². The van der Waals surface area contributed by atoms with Crippen molar-refractivity contribution < 1.29 is 0 Å². The SMILES string of the molecule is N=C1CCCCCC(=N)CCCCC(=N)CCCCCC(=N)CCCC1. The number of rotatable bonds is 0. The topological polar surface area (TPSA) is 95.4 Å². The van der Waals surface area contributed by atoms with E-state index in [0.29, 0.717) is 0 Å². The molecular weight excluding hydrogens is 320 g/mol. The van der Waals surface area contributed by atoms with Gasteiger partial charge in [-0.2, -0.15) is 0 Å². The highest BCUT2D eigenvalue weighted by Crippen LogP contribution is 2.14. The molecule has 0 aliphatic heterocycles. The largest absolute Gasteiger partial charge is 0.310 e. The Morgan fingerprint density at radius 1 is 0.269 bits per heavy atom. The van der Waals surface area contributed by atoms with Crippen LogP contribution in [0.2, 0.25) is 0 Å². The van der Waals surface area contributed by atoms with Crippen molar-refractivity contribution in [1.82, 2.24) is 0 Å². The maximum absolute atomic E-state index is 8.05. The lowest BCUT2D eigenvalue weighted by Crippen LogP contribution is -2.02. The minimum Gasteiger partial charge on any atom is -0.310 e. The molecule has 1 rings (SSSR count). The quantitative estimate of drug-likeness (QED) is 0.354. The summed E-state index contributed by atoms with van der Waals surface area (Å²) >= 11 is 0. The summed E-state index contributed by atoms with van der Waals surface area (Å²) in [5.74, 6) is 0. The number of hydrogen-bond acceptors (Lipinski definition) is 4. The fourth-order valence-corrected chi connectivity index (χ4v) is 3.56. The molecule has 0 atom stereocenters. The molecule has 1 aliphatic rings. The second kappa shape index (κ2) is 14.8. The summed E-state index contributed by atoms with van der Waals surface area (Å²) in [5.41, 5.74) is 3.49. The zero-order valence-corrected chi connectivity index (χ0v) is 16.7. The molecule has 4 N–H and O–H groups in total. The van der Waals surface area contributed by atoms with Crippen molar-refractivity contribution in [3.05, 3.63) is 0 Å². The van der Waals surface area contributed by atoms with Gasteiger partial charge >= 0.3 is 0 Å². The van der Waals surface area contributed by atoms with Crippen LogP contribution in [0.5, 0.6) is 0 Å². The average Bonchev–Trinajstić information content (AvgIpc) is 2.61. The van der Waals surface area contributed by atoms with E-state index in [1.807, 2.05) is 0 Å². The molecule has 148 valence electrons. The van der Waals surface area contributed by atoms with Crippen LogP contribution in [0.3, 0.4) is 0 Å². The van der Waals surface area contributed by atoms with Gasteiger partial charge in [0.2, 0.25) is 0 Å². The first-order valence-electron chi connectivity index (χ1n) is 10.8. The molecule has 26 heavy (non-hydrogen) atoms. The fraction of sp³-hybridized carbons (Fsp3) is 0.818. The Kier molecular flexibility index (Phi) is 12.9. The third kappa shape index (κ3) is 13.0. The van der Waals surface area contributed by atoms with Crippen LogP contribution < -0.4 is 0 Å². The summed E-state index contributed by atoms with van der Waals surface area (Å²) in [6.45, 7) is 0. The van der Waals surface area contributed by atoms with Crippen LogP contribution in [0.15, 0.2) is 0 Å². The van der Waals surface area contributed by atoms with E-state index in [-0.39, 0.29) is 0 Å². The third-order valence-electron chi connectivity index (χ3n) is 5.33. The molecule has 4 nitrogen and oxygen atoms in total. The van der Waals surface area contributed by atoms with Crippen LogP contribution in [0, 0.1) is 21.6 Å². The van der Waals surface area contributed by atoms with E-state index < -0.39 is 0 Å². The van der Waals surface area contributed by atoms with Crippen LogP contribution in [-0.4, -0.2) is 22.8 Å². The van der Waals surface area contributed by atoms with E-state index in [9.17, 15) is 0 Å². The molecule has 0 saturated heterocycles. The Labute approximate surface area is 160 Å². The molecule has 0 bridgehead atoms. The van der Waals surface area contributed by atoms with Crippen LogP contribution in [0.25, 0.3) is 0 Å². The summed E-state index contributed by atoms with van der Waals surface area (Å²) in [7, 11) is 0. The van der Waals surface area contributed by atoms with Gasteiger partial charge in [-0.05, 0) is 103 Å². The predicted octanol–water partition coefficient (Wildman–Crippen LogP) is 7.10. The zero-order chi connectivity index (χ0) is 19.0. The summed E-state index contributed by atoms with van der Waals surface area (Å²) in [4.78, 5) is 0. The molecule has 0 amide bonds. The molecule has 4 heteroatoms. The van der Waals surface area contributed by atoms with Crippen molar-refractivity contribution in [2.45, 2.75) is 116 Å². The van der Waals surface area contributed by atoms with Crippen LogP contribution in [-0.2, 0) is 0 Å². The van der Waals surface area contributed by atoms with E-state index in [1.165, 1.54) is 0 Å². The Hall–Kier alpha value is -1.32. The van der Waals surface area contributed by atoms with Crippen molar-refractivity contribution in [1.29, 1.82) is 21.6 Å². The molecule has 0 unspecified atom stereocenters. The average molecular weight is 361 g/mol. The molecule has 0 aromatic heterocycles. The van der Waals surface area contributed by atoms with Crippen molar-refractivity contribution in [3.63, 3.8) is 0 Å². The second-order valence-corrected chi connectivity index (χ2v) is 7.95. The van der Waals surface area contributed by atoms with Gasteiger partial charge in [0.05, 0.1) is 0 Å². The minimum atomic E-state index is 0.871. The first kappa shape index (κ1) is 22.7. The highest BCUT2D eigenvalue weighted by molar-refractivity contribution is 5.83. The normalized spacial score (nSPS) is 22.5. The Bertz CT molecular complexity index is 371. The standard InChI is InChI=1S/C22H40N4/c23-19-11-3-1-4-12-20(24)16-8-10-18-22(26)14-6-2-5-13-21(25)17-9-7-15-19/h23-26H,1-18H2. The molecule has 0 radical (unpaired) electrons. The summed E-state index contributed by atoms with van der Waals surface area (Å²) in [5, 5.41) is 32.2. The van der Waals surface area contributed by atoms with E-state index in [4.69, 9.17) is 21.6 Å². The molecule has 1 fully saturated rings. The summed E-state index contributed by atoms with van der Waals surface area (Å²) in [6.07, 6.45) is 18.0. The monoisotopic (exact) mass is 360 g/mol. The Morgan fingerprint density at radius 3 is 0.615 bits per heavy atom. The van der Waals surface area contributed by atoms with Crippen LogP contribution >= 0.6 is 0 Å². The lowest BCUT2D eigenvalue weighted by molar-refractivity contribution is 0.680. The molecular formula is C22H40N4. The van der Waals surface area contributed by atoms with Crippen LogP contribution in [0.4, 0.5) is 0 Å². The van der Waals surface area contributed by atoms with Gasteiger partial charge in [-0.15, -0.1) is 0 Å². The van der Waals surface area contributed by atoms with Gasteiger partial charge in [0.25, 0.3) is 0 Å². The molecule has 0 spiro atoms. The van der Waals surface area contributed by atoms with Gasteiger partial charge in [0.1, 0.15) is 0 Å².